The average molecular weight is 281 g/mol. The molecule has 0 spiro atoms. The summed E-state index contributed by atoms with van der Waals surface area (Å²) in [4.78, 5) is 22.4. The van der Waals surface area contributed by atoms with Crippen LogP contribution >= 0.6 is 23.4 Å². The highest BCUT2D eigenvalue weighted by molar-refractivity contribution is 8.01. The highest BCUT2D eigenvalue weighted by Crippen LogP contribution is 2.23. The number of carbonyl (C=O) groups excluding carboxylic acids is 2. The van der Waals surface area contributed by atoms with Gasteiger partial charge in [0.25, 0.3) is 0 Å². The molecule has 5 heteroatoms. The Morgan fingerprint density at radius 2 is 1.62 bits per heavy atom. The van der Waals surface area contributed by atoms with E-state index in [2.05, 4.69) is 19.6 Å². The Bertz CT molecular complexity index is 249. The summed E-state index contributed by atoms with van der Waals surface area (Å²) in [6.07, 6.45) is 0. The minimum absolute atomic E-state index is 0.0675. The summed E-state index contributed by atoms with van der Waals surface area (Å²) >= 11 is 7.59. The van der Waals surface area contributed by atoms with Gasteiger partial charge in [-0.25, -0.2) is 0 Å². The maximum Gasteiger partial charge on any atom is 0.150 e. The molecule has 1 unspecified atom stereocenters. The van der Waals surface area contributed by atoms with Gasteiger partial charge in [-0.2, -0.15) is 0 Å². The van der Waals surface area contributed by atoms with Crippen LogP contribution in [0.2, 0.25) is 25.7 Å². The highest BCUT2D eigenvalue weighted by Gasteiger charge is 2.24. The van der Waals surface area contributed by atoms with Crippen molar-refractivity contribution in [3.05, 3.63) is 0 Å². The van der Waals surface area contributed by atoms with Crippen molar-refractivity contribution in [2.24, 2.45) is 0 Å². The van der Waals surface area contributed by atoms with E-state index < -0.39 is 13.3 Å². The molecule has 16 heavy (non-hydrogen) atoms. The van der Waals surface area contributed by atoms with Crippen molar-refractivity contribution < 1.29 is 9.59 Å². The summed E-state index contributed by atoms with van der Waals surface area (Å²) in [5.74, 6) is 0.527. The van der Waals surface area contributed by atoms with E-state index in [1.807, 2.05) is 0 Å². The lowest BCUT2D eigenvalue weighted by molar-refractivity contribution is -0.123. The number of hydrogen-bond acceptors (Lipinski definition) is 3. The minimum Gasteiger partial charge on any atom is -0.298 e. The molecule has 1 atom stereocenters. The minimum atomic E-state index is -1.16. The van der Waals surface area contributed by atoms with Crippen LogP contribution in [0.15, 0.2) is 0 Å². The monoisotopic (exact) mass is 280 g/mol. The lowest BCUT2D eigenvalue weighted by Gasteiger charge is -2.20. The van der Waals surface area contributed by atoms with Gasteiger partial charge < -0.3 is 0 Å². The summed E-state index contributed by atoms with van der Waals surface area (Å²) in [6, 6.07) is 1.02. The van der Waals surface area contributed by atoms with E-state index in [0.717, 1.165) is 6.04 Å². The number of carbonyl (C=O) groups is 2. The summed E-state index contributed by atoms with van der Waals surface area (Å²) in [6.45, 7) is 9.71. The molecule has 0 aromatic heterocycles. The van der Waals surface area contributed by atoms with Crippen molar-refractivity contribution >= 4 is 43.0 Å². The molecule has 0 rings (SSSR count). The van der Waals surface area contributed by atoms with Crippen LogP contribution in [0.4, 0.5) is 0 Å². The van der Waals surface area contributed by atoms with Gasteiger partial charge in [0, 0.05) is 19.2 Å². The van der Waals surface area contributed by atoms with E-state index in [4.69, 9.17) is 11.6 Å². The van der Waals surface area contributed by atoms with E-state index in [0.29, 0.717) is 5.75 Å². The lowest BCUT2D eigenvalue weighted by atomic mass is 10.2. The zero-order chi connectivity index (χ0) is 12.9. The van der Waals surface area contributed by atoms with E-state index in [-0.39, 0.29) is 16.9 Å². The van der Waals surface area contributed by atoms with Crippen molar-refractivity contribution in [2.75, 3.05) is 5.75 Å². The highest BCUT2D eigenvalue weighted by atomic mass is 35.5. The molecule has 0 bridgehead atoms. The fourth-order valence-corrected chi connectivity index (χ4v) is 5.72. The van der Waals surface area contributed by atoms with Crippen LogP contribution < -0.4 is 0 Å². The van der Waals surface area contributed by atoms with Gasteiger partial charge in [-0.3, -0.25) is 9.59 Å². The first-order valence-corrected chi connectivity index (χ1v) is 10.6. The first-order chi connectivity index (χ1) is 7.13. The molecule has 0 aromatic carbocycles. The van der Waals surface area contributed by atoms with Crippen LogP contribution in [0, 0.1) is 0 Å². The molecular formula is C11H21ClO2SSi. The summed E-state index contributed by atoms with van der Waals surface area (Å²) in [7, 11) is -1.16. The average Bonchev–Trinajstić information content (AvgIpc) is 1.98. The van der Waals surface area contributed by atoms with Crippen molar-refractivity contribution in [3.8, 4) is 0 Å². The molecule has 0 aliphatic heterocycles. The number of Topliss-reactive ketones (excluding diaryl/α,β-unsaturated/α-hetero) is 2. The molecule has 0 fully saturated rings. The Morgan fingerprint density at radius 1 is 1.19 bits per heavy atom. The van der Waals surface area contributed by atoms with E-state index in [1.165, 1.54) is 25.6 Å². The van der Waals surface area contributed by atoms with Gasteiger partial charge in [0.05, 0.1) is 0 Å². The van der Waals surface area contributed by atoms with Gasteiger partial charge in [-0.1, -0.05) is 19.6 Å². The second kappa shape index (κ2) is 6.82. The molecule has 0 radical (unpaired) electrons. The maximum atomic E-state index is 11.2. The number of ketones is 2. The zero-order valence-electron chi connectivity index (χ0n) is 10.7. The molecule has 0 aliphatic rings. The molecule has 0 saturated carbocycles. The van der Waals surface area contributed by atoms with Gasteiger partial charge in [0.2, 0.25) is 0 Å². The largest absolute Gasteiger partial charge is 0.298 e. The maximum absolute atomic E-state index is 11.2. The molecular weight excluding hydrogens is 260 g/mol. The number of thioether (sulfide) groups is 1. The fraction of sp³-hybridized carbons (Fsp3) is 0.818. The molecule has 0 aromatic rings. The van der Waals surface area contributed by atoms with Gasteiger partial charge in [-0.05, 0) is 19.9 Å². The van der Waals surface area contributed by atoms with E-state index >= 15 is 0 Å². The third-order valence-electron chi connectivity index (χ3n) is 2.02. The Morgan fingerprint density at radius 3 is 1.94 bits per heavy atom. The number of hydrogen-bond donors (Lipinski definition) is 0. The van der Waals surface area contributed by atoms with E-state index in [1.54, 1.807) is 0 Å². The second-order valence-corrected chi connectivity index (χ2v) is 12.6. The second-order valence-electron chi connectivity index (χ2n) is 5.30. The van der Waals surface area contributed by atoms with Crippen LogP contribution in [-0.2, 0) is 9.59 Å². The molecule has 0 aliphatic carbocycles. The van der Waals surface area contributed by atoms with Gasteiger partial charge in [0.15, 0.2) is 0 Å². The topological polar surface area (TPSA) is 34.1 Å². The Labute approximate surface area is 109 Å². The van der Waals surface area contributed by atoms with Crippen LogP contribution in [0.1, 0.15) is 13.8 Å². The molecule has 0 amide bonds. The van der Waals surface area contributed by atoms with Crippen LogP contribution in [0.25, 0.3) is 0 Å². The third-order valence-corrected chi connectivity index (χ3v) is 6.08. The fourth-order valence-electron chi connectivity index (χ4n) is 1.44. The summed E-state index contributed by atoms with van der Waals surface area (Å²) in [5, 5.41) is -0.458. The predicted molar refractivity (Wildman–Crippen MR) is 75.4 cm³/mol. The smallest absolute Gasteiger partial charge is 0.150 e. The van der Waals surface area contributed by atoms with Crippen molar-refractivity contribution in [1.29, 1.82) is 0 Å². The third kappa shape index (κ3) is 7.47. The molecule has 2 nitrogen and oxygen atoms in total. The molecule has 0 N–H and O–H groups in total. The molecule has 0 saturated heterocycles. The first kappa shape index (κ1) is 16.2. The normalized spacial score (nSPS) is 13.9. The van der Waals surface area contributed by atoms with Crippen molar-refractivity contribution in [3.63, 3.8) is 0 Å². The SMILES string of the molecule is CC(=O)C(SCC(Cl)C[Si](C)(C)C)C(C)=O. The summed E-state index contributed by atoms with van der Waals surface area (Å²) in [5.41, 5.74) is 0. The van der Waals surface area contributed by atoms with Crippen LogP contribution in [0.5, 0.6) is 0 Å². The Balaban J connectivity index is 4.12. The number of halogens is 1. The van der Waals surface area contributed by atoms with Crippen molar-refractivity contribution in [2.45, 2.75) is 50.2 Å². The van der Waals surface area contributed by atoms with Gasteiger partial charge in [-0.15, -0.1) is 23.4 Å². The standard InChI is InChI=1S/C11H21ClO2SSi/c1-8(13)11(9(2)14)15-6-10(12)7-16(3,4)5/h10-11H,6-7H2,1-5H3. The first-order valence-electron chi connectivity index (χ1n) is 5.40. The zero-order valence-corrected chi connectivity index (χ0v) is 13.2. The lowest BCUT2D eigenvalue weighted by Crippen LogP contribution is -2.28. The Hall–Kier alpha value is 0.197. The predicted octanol–water partition coefficient (Wildman–Crippen LogP) is 3.21. The number of alkyl halides is 1. The van der Waals surface area contributed by atoms with Gasteiger partial charge >= 0.3 is 0 Å². The summed E-state index contributed by atoms with van der Waals surface area (Å²) < 4.78 is 0. The quantitative estimate of drug-likeness (QED) is 0.408. The molecule has 0 heterocycles. The Kier molecular flexibility index (Phi) is 6.90. The number of rotatable bonds is 7. The molecule has 94 valence electrons. The van der Waals surface area contributed by atoms with Crippen LogP contribution in [0.3, 0.4) is 0 Å². The van der Waals surface area contributed by atoms with Crippen LogP contribution in [-0.4, -0.2) is 36.0 Å². The van der Waals surface area contributed by atoms with Gasteiger partial charge in [0.1, 0.15) is 16.8 Å². The van der Waals surface area contributed by atoms with E-state index in [9.17, 15) is 9.59 Å². The van der Waals surface area contributed by atoms with Crippen molar-refractivity contribution in [1.82, 2.24) is 0 Å².